The van der Waals surface area contributed by atoms with Gasteiger partial charge in [-0.2, -0.15) is 0 Å². The normalized spacial score (nSPS) is 18.4. The largest absolute Gasteiger partial charge is 0.350 e. The Balaban J connectivity index is 1.35. The van der Waals surface area contributed by atoms with Gasteiger partial charge < -0.3 is 18.9 Å². The van der Waals surface area contributed by atoms with Gasteiger partial charge in [-0.25, -0.2) is 4.39 Å². The quantitative estimate of drug-likeness (QED) is 0.733. The van der Waals surface area contributed by atoms with E-state index >= 15 is 0 Å². The molecule has 2 aromatic rings. The van der Waals surface area contributed by atoms with Crippen LogP contribution in [0.4, 0.5) is 4.39 Å². The summed E-state index contributed by atoms with van der Waals surface area (Å²) in [6, 6.07) is 13.7. The van der Waals surface area contributed by atoms with Crippen LogP contribution >= 0.6 is 0 Å². The van der Waals surface area contributed by atoms with Crippen LogP contribution in [0.1, 0.15) is 24.0 Å². The highest BCUT2D eigenvalue weighted by atomic mass is 19.1. The third-order valence-corrected chi connectivity index (χ3v) is 5.04. The second-order valence-electron chi connectivity index (χ2n) is 6.92. The third kappa shape index (κ3) is 4.93. The first kappa shape index (κ1) is 18.6. The lowest BCUT2D eigenvalue weighted by Crippen LogP contribution is -2.09. The predicted molar refractivity (Wildman–Crippen MR) is 99.9 cm³/mol. The number of benzene rings is 2. The zero-order valence-electron chi connectivity index (χ0n) is 15.4. The average Bonchev–Trinajstić information content (AvgIpc) is 3.40. The smallest absolute Gasteiger partial charge is 0.158 e. The van der Waals surface area contributed by atoms with E-state index < -0.39 is 0 Å². The second kappa shape index (κ2) is 8.93. The van der Waals surface area contributed by atoms with Crippen LogP contribution < -0.4 is 0 Å². The van der Waals surface area contributed by atoms with Gasteiger partial charge in [0.1, 0.15) is 5.82 Å². The third-order valence-electron chi connectivity index (χ3n) is 5.04. The van der Waals surface area contributed by atoms with Gasteiger partial charge in [0.25, 0.3) is 0 Å². The van der Waals surface area contributed by atoms with Crippen molar-refractivity contribution in [1.29, 1.82) is 0 Å². The van der Waals surface area contributed by atoms with Gasteiger partial charge in [-0.3, -0.25) is 0 Å². The molecular formula is C22H25FO4. The minimum Gasteiger partial charge on any atom is -0.350 e. The van der Waals surface area contributed by atoms with Gasteiger partial charge in [-0.05, 0) is 41.2 Å². The van der Waals surface area contributed by atoms with E-state index in [-0.39, 0.29) is 18.4 Å². The highest BCUT2D eigenvalue weighted by Gasteiger charge is 2.17. The fourth-order valence-electron chi connectivity index (χ4n) is 3.50. The molecule has 0 unspecified atom stereocenters. The molecule has 27 heavy (non-hydrogen) atoms. The summed E-state index contributed by atoms with van der Waals surface area (Å²) >= 11 is 0. The van der Waals surface area contributed by atoms with Crippen molar-refractivity contribution in [2.45, 2.75) is 38.3 Å². The number of hydrogen-bond donors (Lipinski definition) is 0. The molecule has 0 aliphatic carbocycles. The molecule has 0 saturated carbocycles. The molecule has 0 amide bonds. The van der Waals surface area contributed by atoms with Crippen LogP contribution in [0.25, 0.3) is 11.1 Å². The minimum atomic E-state index is -0.198. The van der Waals surface area contributed by atoms with Gasteiger partial charge in [-0.1, -0.05) is 36.4 Å². The molecule has 144 valence electrons. The summed E-state index contributed by atoms with van der Waals surface area (Å²) in [5.41, 5.74) is 3.83. The first-order chi connectivity index (χ1) is 13.3. The topological polar surface area (TPSA) is 36.9 Å². The van der Waals surface area contributed by atoms with E-state index in [2.05, 4.69) is 12.1 Å². The van der Waals surface area contributed by atoms with Crippen LogP contribution in [-0.4, -0.2) is 39.0 Å². The molecule has 0 bridgehead atoms. The van der Waals surface area contributed by atoms with E-state index in [9.17, 15) is 4.39 Å². The molecule has 2 saturated heterocycles. The van der Waals surface area contributed by atoms with E-state index in [1.165, 1.54) is 5.56 Å². The maximum atomic E-state index is 14.5. The molecule has 0 N–H and O–H groups in total. The fourth-order valence-corrected chi connectivity index (χ4v) is 3.50. The van der Waals surface area contributed by atoms with Crippen molar-refractivity contribution in [2.75, 3.05) is 26.4 Å². The van der Waals surface area contributed by atoms with Crippen molar-refractivity contribution in [2.24, 2.45) is 0 Å². The maximum Gasteiger partial charge on any atom is 0.158 e. The molecular weight excluding hydrogens is 347 g/mol. The predicted octanol–water partition coefficient (Wildman–Crippen LogP) is 4.10. The molecule has 5 heteroatoms. The van der Waals surface area contributed by atoms with E-state index in [4.69, 9.17) is 18.9 Å². The Kier molecular flexibility index (Phi) is 6.14. The lowest BCUT2D eigenvalue weighted by atomic mass is 9.99. The molecule has 0 aromatic heterocycles. The number of halogens is 1. The molecule has 4 nitrogen and oxygen atoms in total. The van der Waals surface area contributed by atoms with Gasteiger partial charge in [0, 0.05) is 12.8 Å². The van der Waals surface area contributed by atoms with Crippen LogP contribution in [0.15, 0.2) is 42.5 Å². The molecule has 4 rings (SSSR count). The average molecular weight is 372 g/mol. The second-order valence-corrected chi connectivity index (χ2v) is 6.92. The molecule has 0 radical (unpaired) electrons. The summed E-state index contributed by atoms with van der Waals surface area (Å²) in [7, 11) is 0. The Bertz CT molecular complexity index is 734. The Morgan fingerprint density at radius 3 is 1.85 bits per heavy atom. The number of ether oxygens (including phenoxy) is 4. The van der Waals surface area contributed by atoms with Crippen molar-refractivity contribution >= 4 is 0 Å². The van der Waals surface area contributed by atoms with Gasteiger partial charge in [0.15, 0.2) is 12.6 Å². The van der Waals surface area contributed by atoms with Crippen LogP contribution in [0, 0.1) is 5.82 Å². The van der Waals surface area contributed by atoms with Crippen LogP contribution in [0.3, 0.4) is 0 Å². The van der Waals surface area contributed by atoms with Gasteiger partial charge in [-0.15, -0.1) is 0 Å². The first-order valence-electron chi connectivity index (χ1n) is 9.62. The molecule has 0 spiro atoms. The monoisotopic (exact) mass is 372 g/mol. The zero-order chi connectivity index (χ0) is 18.5. The summed E-state index contributed by atoms with van der Waals surface area (Å²) in [5.74, 6) is -0.176. The van der Waals surface area contributed by atoms with Crippen LogP contribution in [0.5, 0.6) is 0 Å². The first-order valence-corrected chi connectivity index (χ1v) is 9.62. The molecule has 2 heterocycles. The fraction of sp³-hybridized carbons (Fsp3) is 0.455. The molecule has 2 aliphatic rings. The number of rotatable bonds is 7. The Morgan fingerprint density at radius 2 is 1.26 bits per heavy atom. The molecule has 0 atom stereocenters. The molecule has 2 fully saturated rings. The highest BCUT2D eigenvalue weighted by molar-refractivity contribution is 5.64. The van der Waals surface area contributed by atoms with Crippen LogP contribution in [0.2, 0.25) is 0 Å². The lowest BCUT2D eigenvalue weighted by molar-refractivity contribution is -0.0464. The van der Waals surface area contributed by atoms with Gasteiger partial charge >= 0.3 is 0 Å². The summed E-state index contributed by atoms with van der Waals surface area (Å²) in [6.45, 7) is 2.63. The van der Waals surface area contributed by atoms with Crippen molar-refractivity contribution in [1.82, 2.24) is 0 Å². The molecule has 2 aliphatic heterocycles. The van der Waals surface area contributed by atoms with Gasteiger partial charge in [0.05, 0.1) is 26.4 Å². The maximum absolute atomic E-state index is 14.5. The minimum absolute atomic E-state index is 0.0775. The van der Waals surface area contributed by atoms with Crippen molar-refractivity contribution in [3.63, 3.8) is 0 Å². The number of aryl methyl sites for hydroxylation is 2. The summed E-state index contributed by atoms with van der Waals surface area (Å²) < 4.78 is 36.2. The summed E-state index contributed by atoms with van der Waals surface area (Å²) in [5, 5.41) is 0. The highest BCUT2D eigenvalue weighted by Crippen LogP contribution is 2.24. The Hall–Kier alpha value is -1.79. The number of hydrogen-bond acceptors (Lipinski definition) is 4. The standard InChI is InChI=1S/C22H25FO4/c23-20-15-19(7-6-18(20)8-10-22-26-13-14-27-22)17-4-1-16(2-5-17)3-9-21-24-11-12-25-21/h1-2,4-7,15,21-22H,3,8-14H2. The summed E-state index contributed by atoms with van der Waals surface area (Å²) in [4.78, 5) is 0. The van der Waals surface area contributed by atoms with Crippen molar-refractivity contribution < 1.29 is 23.3 Å². The van der Waals surface area contributed by atoms with E-state index in [1.54, 1.807) is 6.07 Å². The van der Waals surface area contributed by atoms with Crippen LogP contribution in [-0.2, 0) is 31.8 Å². The Morgan fingerprint density at radius 1 is 0.704 bits per heavy atom. The SMILES string of the molecule is Fc1cc(-c2ccc(CCC3OCCO3)cc2)ccc1CCC1OCCO1. The lowest BCUT2D eigenvalue weighted by Gasteiger charge is -2.11. The van der Waals surface area contributed by atoms with E-state index in [0.717, 1.165) is 24.0 Å². The van der Waals surface area contributed by atoms with E-state index in [0.29, 0.717) is 44.8 Å². The van der Waals surface area contributed by atoms with Crippen molar-refractivity contribution in [3.05, 3.63) is 59.4 Å². The molecule has 2 aromatic carbocycles. The van der Waals surface area contributed by atoms with E-state index in [1.807, 2.05) is 24.3 Å². The summed E-state index contributed by atoms with van der Waals surface area (Å²) in [6.07, 6.45) is 2.78. The Labute approximate surface area is 159 Å². The zero-order valence-corrected chi connectivity index (χ0v) is 15.4. The van der Waals surface area contributed by atoms with Crippen molar-refractivity contribution in [3.8, 4) is 11.1 Å². The van der Waals surface area contributed by atoms with Gasteiger partial charge in [0.2, 0.25) is 0 Å².